The number of ketones is 1. The topological polar surface area (TPSA) is 163 Å². The molecule has 0 radical (unpaired) electrons. The Labute approximate surface area is 178 Å². The summed E-state index contributed by atoms with van der Waals surface area (Å²) in [5.74, 6) is -2.27. The summed E-state index contributed by atoms with van der Waals surface area (Å²) in [6.07, 6.45) is -7.01. The van der Waals surface area contributed by atoms with Crippen LogP contribution in [0.2, 0.25) is 0 Å². The third kappa shape index (κ3) is 3.66. The average Bonchev–Trinajstić information content (AvgIpc) is 3.17. The van der Waals surface area contributed by atoms with Crippen LogP contribution in [-0.4, -0.2) is 93.4 Å². The van der Waals surface area contributed by atoms with Gasteiger partial charge in [-0.3, -0.25) is 9.59 Å². The average molecular weight is 440 g/mol. The molecule has 31 heavy (non-hydrogen) atoms. The second-order valence-corrected chi connectivity index (χ2v) is 8.80. The lowest BCUT2D eigenvalue weighted by Crippen LogP contribution is -2.59. The second kappa shape index (κ2) is 8.36. The van der Waals surface area contributed by atoms with Gasteiger partial charge in [0.25, 0.3) is 0 Å². The third-order valence-corrected chi connectivity index (χ3v) is 6.88. The summed E-state index contributed by atoms with van der Waals surface area (Å²) < 4.78 is 16.6. The highest BCUT2D eigenvalue weighted by Crippen LogP contribution is 2.48. The van der Waals surface area contributed by atoms with Gasteiger partial charge >= 0.3 is 5.97 Å². The maximum atomic E-state index is 12.8. The van der Waals surface area contributed by atoms with Crippen molar-refractivity contribution in [3.05, 3.63) is 22.8 Å². The summed E-state index contributed by atoms with van der Waals surface area (Å²) in [4.78, 5) is 25.0. The Bertz CT molecular complexity index is 817. The number of rotatable bonds is 4. The lowest BCUT2D eigenvalue weighted by atomic mass is 9.79. The molecule has 0 spiro atoms. The molecule has 0 saturated carbocycles. The molecule has 5 N–H and O–H groups in total. The molecule has 2 fully saturated rings. The van der Waals surface area contributed by atoms with E-state index in [-0.39, 0.29) is 18.8 Å². The molecule has 4 rings (SSSR count). The van der Waals surface area contributed by atoms with Gasteiger partial charge in [-0.1, -0.05) is 12.5 Å². The van der Waals surface area contributed by atoms with Gasteiger partial charge in [0.2, 0.25) is 0 Å². The molecule has 0 aromatic carbocycles. The van der Waals surface area contributed by atoms with Gasteiger partial charge in [-0.05, 0) is 25.0 Å². The van der Waals surface area contributed by atoms with E-state index in [0.717, 1.165) is 5.57 Å². The van der Waals surface area contributed by atoms with Crippen LogP contribution in [-0.2, 0) is 23.8 Å². The van der Waals surface area contributed by atoms with E-state index in [1.165, 1.54) is 6.08 Å². The van der Waals surface area contributed by atoms with Crippen LogP contribution in [0.1, 0.15) is 20.3 Å². The number of allylic oxidation sites excluding steroid dienone is 1. The normalized spacial score (nSPS) is 45.2. The van der Waals surface area contributed by atoms with E-state index in [4.69, 9.17) is 14.2 Å². The van der Waals surface area contributed by atoms with Crippen LogP contribution in [0.25, 0.3) is 0 Å². The first-order valence-electron chi connectivity index (χ1n) is 10.4. The van der Waals surface area contributed by atoms with Gasteiger partial charge in [-0.25, -0.2) is 0 Å². The van der Waals surface area contributed by atoms with Crippen LogP contribution < -0.4 is 0 Å². The molecule has 0 aromatic heterocycles. The zero-order valence-corrected chi connectivity index (χ0v) is 17.2. The van der Waals surface area contributed by atoms with Gasteiger partial charge in [0, 0.05) is 17.4 Å². The molecule has 2 aliphatic carbocycles. The Balaban J connectivity index is 1.57. The zero-order chi connectivity index (χ0) is 22.6. The number of ether oxygens (including phenoxy) is 3. The van der Waals surface area contributed by atoms with Gasteiger partial charge in [0.15, 0.2) is 12.1 Å². The van der Waals surface area contributed by atoms with Crippen LogP contribution in [0.5, 0.6) is 0 Å². The van der Waals surface area contributed by atoms with Crippen molar-refractivity contribution in [1.29, 1.82) is 0 Å². The predicted octanol–water partition coefficient (Wildman–Crippen LogP) is -1.81. The fourth-order valence-corrected chi connectivity index (χ4v) is 5.20. The summed E-state index contributed by atoms with van der Waals surface area (Å²) in [5.41, 5.74) is 1.70. The summed E-state index contributed by atoms with van der Waals surface area (Å²) in [5, 5.41) is 50.0. The molecule has 0 aromatic rings. The summed E-state index contributed by atoms with van der Waals surface area (Å²) in [6.45, 7) is 2.70. The van der Waals surface area contributed by atoms with Crippen molar-refractivity contribution in [2.45, 2.75) is 63.2 Å². The molecular weight excluding hydrogens is 412 g/mol. The van der Waals surface area contributed by atoms with Crippen molar-refractivity contribution in [2.75, 3.05) is 13.2 Å². The predicted molar refractivity (Wildman–Crippen MR) is 102 cm³/mol. The van der Waals surface area contributed by atoms with Crippen molar-refractivity contribution in [1.82, 2.24) is 0 Å². The number of fused-ring (bicyclic) bond motifs is 3. The monoisotopic (exact) mass is 440 g/mol. The Kier molecular flexibility index (Phi) is 6.08. The van der Waals surface area contributed by atoms with Crippen molar-refractivity contribution in [2.24, 2.45) is 17.8 Å². The number of hydrogen-bond donors (Lipinski definition) is 5. The van der Waals surface area contributed by atoms with Crippen molar-refractivity contribution >= 4 is 11.8 Å². The molecule has 172 valence electrons. The van der Waals surface area contributed by atoms with Crippen molar-refractivity contribution < 1.29 is 49.3 Å². The van der Waals surface area contributed by atoms with Gasteiger partial charge in [-0.2, -0.15) is 0 Å². The zero-order valence-electron chi connectivity index (χ0n) is 17.2. The Morgan fingerprint density at radius 3 is 2.52 bits per heavy atom. The highest BCUT2D eigenvalue weighted by atomic mass is 16.7. The smallest absolute Gasteiger partial charge is 0.309 e. The molecule has 10 heteroatoms. The first-order valence-corrected chi connectivity index (χ1v) is 10.4. The van der Waals surface area contributed by atoms with Gasteiger partial charge < -0.3 is 39.7 Å². The maximum absolute atomic E-state index is 12.8. The number of carbonyl (C=O) groups is 2. The Morgan fingerprint density at radius 1 is 1.13 bits per heavy atom. The van der Waals surface area contributed by atoms with E-state index in [9.17, 15) is 35.1 Å². The number of aliphatic hydroxyl groups excluding tert-OH is 5. The lowest BCUT2D eigenvalue weighted by Gasteiger charge is -2.39. The lowest BCUT2D eigenvalue weighted by molar-refractivity contribution is -0.299. The summed E-state index contributed by atoms with van der Waals surface area (Å²) in [7, 11) is 0. The van der Waals surface area contributed by atoms with E-state index in [2.05, 4.69) is 0 Å². The minimum absolute atomic E-state index is 0.179. The Hall–Kier alpha value is -1.66. The minimum Gasteiger partial charge on any atom is -0.461 e. The maximum Gasteiger partial charge on any atom is 0.309 e. The van der Waals surface area contributed by atoms with Crippen molar-refractivity contribution in [3.8, 4) is 0 Å². The van der Waals surface area contributed by atoms with Gasteiger partial charge in [0.05, 0.1) is 25.2 Å². The fraction of sp³-hybridized carbons (Fsp3) is 0.714. The van der Waals surface area contributed by atoms with Gasteiger partial charge in [-0.15, -0.1) is 0 Å². The first kappa shape index (κ1) is 22.5. The number of hydrogen-bond acceptors (Lipinski definition) is 10. The molecule has 0 bridgehead atoms. The molecule has 0 unspecified atom stereocenters. The summed E-state index contributed by atoms with van der Waals surface area (Å²) >= 11 is 0. The van der Waals surface area contributed by atoms with Gasteiger partial charge in [0.1, 0.15) is 30.5 Å². The van der Waals surface area contributed by atoms with Crippen LogP contribution in [0, 0.1) is 17.8 Å². The van der Waals surface area contributed by atoms with Crippen LogP contribution in [0.15, 0.2) is 22.8 Å². The molecule has 4 aliphatic rings. The molecule has 2 heterocycles. The molecule has 10 nitrogen and oxygen atoms in total. The van der Waals surface area contributed by atoms with E-state index >= 15 is 0 Å². The van der Waals surface area contributed by atoms with E-state index in [1.54, 1.807) is 13.8 Å². The van der Waals surface area contributed by atoms with E-state index in [1.807, 2.05) is 0 Å². The van der Waals surface area contributed by atoms with E-state index in [0.29, 0.717) is 11.1 Å². The van der Waals surface area contributed by atoms with Crippen LogP contribution >= 0.6 is 0 Å². The first-order chi connectivity index (χ1) is 14.6. The van der Waals surface area contributed by atoms with Crippen LogP contribution in [0.4, 0.5) is 0 Å². The molecule has 2 aliphatic heterocycles. The molecule has 2 saturated heterocycles. The standard InChI is InChI=1S/C21H28O10/c1-7-3-10(23)14-8(2)20(28)31-19(14)15-9(4-11(24)13(7)15)6-29-21-18(27)17(26)16(25)12(5-22)30-21/h4,8,10,12,14-19,21-23,25-27H,3,5-6H2,1-2H3/t8-,10-,12+,14+,15-,16+,17-,18+,19-,21+/m0/s1. The number of carbonyl (C=O) groups excluding carboxylic acids is 2. The van der Waals surface area contributed by atoms with E-state index < -0.39 is 73.2 Å². The molecule has 0 amide bonds. The highest BCUT2D eigenvalue weighted by molar-refractivity contribution is 6.09. The Morgan fingerprint density at radius 2 is 1.84 bits per heavy atom. The SMILES string of the molecule is CC1=C2C(=O)C=C(CO[C@@H]3O[C@H](CO)[C@@H](O)[C@H](O)[C@H]3O)[C@@H]2[C@H]2OC(=O)[C@@H](C)[C@@H]2[C@@H](O)C1. The largest absolute Gasteiger partial charge is 0.461 e. The molecular formula is C21H28O10. The quantitative estimate of drug-likeness (QED) is 0.315. The fourth-order valence-electron chi connectivity index (χ4n) is 5.20. The van der Waals surface area contributed by atoms with Crippen molar-refractivity contribution in [3.63, 3.8) is 0 Å². The summed E-state index contributed by atoms with van der Waals surface area (Å²) in [6, 6.07) is 0. The highest BCUT2D eigenvalue weighted by Gasteiger charge is 2.55. The third-order valence-electron chi connectivity index (χ3n) is 6.88. The van der Waals surface area contributed by atoms with Crippen LogP contribution in [0.3, 0.4) is 0 Å². The number of aliphatic hydroxyl groups is 5. The second-order valence-electron chi connectivity index (χ2n) is 8.80. The number of esters is 1. The molecule has 10 atom stereocenters. The minimum atomic E-state index is -1.58.